The van der Waals surface area contributed by atoms with Gasteiger partial charge in [0.15, 0.2) is 0 Å². The van der Waals surface area contributed by atoms with E-state index in [4.69, 9.17) is 4.74 Å². The Hall–Kier alpha value is -3.92. The number of ether oxygens (including phenoxy) is 1. The first-order chi connectivity index (χ1) is 19.1. The lowest BCUT2D eigenvalue weighted by molar-refractivity contribution is -0.139. The molecule has 0 bridgehead atoms. The van der Waals surface area contributed by atoms with E-state index in [9.17, 15) is 22.4 Å². The van der Waals surface area contributed by atoms with Gasteiger partial charge in [0.2, 0.25) is 11.8 Å². The lowest BCUT2D eigenvalue weighted by Crippen LogP contribution is -2.52. The van der Waals surface area contributed by atoms with Crippen LogP contribution in [0.5, 0.6) is 5.75 Å². The van der Waals surface area contributed by atoms with E-state index in [1.807, 2.05) is 20.8 Å². The fourth-order valence-corrected chi connectivity index (χ4v) is 5.40. The van der Waals surface area contributed by atoms with Crippen LogP contribution in [0.4, 0.5) is 10.1 Å². The maximum atomic E-state index is 14.6. The predicted octanol–water partition coefficient (Wildman–Crippen LogP) is 4.75. The normalized spacial score (nSPS) is 12.7. The van der Waals surface area contributed by atoms with Crippen molar-refractivity contribution >= 4 is 27.5 Å². The molecule has 2 amide bonds. The van der Waals surface area contributed by atoms with E-state index in [1.165, 1.54) is 35.2 Å². The predicted molar refractivity (Wildman–Crippen MR) is 153 cm³/mol. The Balaban J connectivity index is 2.00. The zero-order valence-corrected chi connectivity index (χ0v) is 24.0. The fourth-order valence-electron chi connectivity index (χ4n) is 3.98. The largest absolute Gasteiger partial charge is 0.494 e. The maximum absolute atomic E-state index is 14.6. The standard InChI is InChI=1S/C30H36FN3O5S/c1-5-22(3)32-30(36)23(4)33(20-24-12-10-11-15-28(24)31)29(35)21-34(25-13-8-7-9-14-25)40(37,38)27-18-16-26(17-19-27)39-6-2/h7-19,22-23H,5-6,20-21H2,1-4H3,(H,32,36)/t22-,23-/m1/s1. The topological polar surface area (TPSA) is 96.0 Å². The highest BCUT2D eigenvalue weighted by Gasteiger charge is 2.33. The van der Waals surface area contributed by atoms with Crippen LogP contribution in [0.1, 0.15) is 39.7 Å². The van der Waals surface area contributed by atoms with Crippen LogP contribution in [-0.2, 0) is 26.2 Å². The van der Waals surface area contributed by atoms with Crippen molar-refractivity contribution < 1.29 is 27.1 Å². The summed E-state index contributed by atoms with van der Waals surface area (Å²) in [6, 6.07) is 19.0. The first kappa shape index (κ1) is 30.6. The third kappa shape index (κ3) is 7.59. The van der Waals surface area contributed by atoms with E-state index >= 15 is 0 Å². The average Bonchev–Trinajstić information content (AvgIpc) is 2.95. The molecule has 3 aromatic rings. The molecule has 0 fully saturated rings. The lowest BCUT2D eigenvalue weighted by Gasteiger charge is -2.32. The molecule has 0 saturated carbocycles. The van der Waals surface area contributed by atoms with E-state index in [0.29, 0.717) is 18.8 Å². The van der Waals surface area contributed by atoms with E-state index in [0.717, 1.165) is 4.31 Å². The molecule has 0 aliphatic carbocycles. The van der Waals surface area contributed by atoms with Crippen molar-refractivity contribution in [2.24, 2.45) is 0 Å². The highest BCUT2D eigenvalue weighted by Crippen LogP contribution is 2.26. The Labute approximate surface area is 235 Å². The number of para-hydroxylation sites is 1. The number of nitrogens with one attached hydrogen (secondary N) is 1. The monoisotopic (exact) mass is 569 g/mol. The molecule has 0 saturated heterocycles. The molecule has 0 radical (unpaired) electrons. The summed E-state index contributed by atoms with van der Waals surface area (Å²) in [5.74, 6) is -1.09. The summed E-state index contributed by atoms with van der Waals surface area (Å²) < 4.78 is 48.7. The highest BCUT2D eigenvalue weighted by molar-refractivity contribution is 7.92. The number of sulfonamides is 1. The Morgan fingerprint density at radius 1 is 0.925 bits per heavy atom. The molecule has 0 heterocycles. The summed E-state index contributed by atoms with van der Waals surface area (Å²) in [6.45, 7) is 6.74. The van der Waals surface area contributed by atoms with Crippen LogP contribution >= 0.6 is 0 Å². The number of benzene rings is 3. The Kier molecular flexibility index (Phi) is 10.7. The molecule has 2 atom stereocenters. The molecule has 3 rings (SSSR count). The fraction of sp³-hybridized carbons (Fsp3) is 0.333. The second-order valence-electron chi connectivity index (χ2n) is 9.36. The van der Waals surface area contributed by atoms with Gasteiger partial charge >= 0.3 is 0 Å². The van der Waals surface area contributed by atoms with Gasteiger partial charge in [-0.15, -0.1) is 0 Å². The SMILES string of the molecule is CCOc1ccc(S(=O)(=O)N(CC(=O)N(Cc2ccccc2F)[C@H](C)C(=O)N[C@H](C)CC)c2ccccc2)cc1. The van der Waals surface area contributed by atoms with Gasteiger partial charge in [-0.2, -0.15) is 0 Å². The molecule has 0 aliphatic heterocycles. The highest BCUT2D eigenvalue weighted by atomic mass is 32.2. The van der Waals surface area contributed by atoms with Crippen molar-refractivity contribution in [2.75, 3.05) is 17.5 Å². The number of anilines is 1. The van der Waals surface area contributed by atoms with Crippen LogP contribution in [0, 0.1) is 5.82 Å². The minimum Gasteiger partial charge on any atom is -0.494 e. The van der Waals surface area contributed by atoms with Crippen LogP contribution in [0.2, 0.25) is 0 Å². The van der Waals surface area contributed by atoms with Crippen LogP contribution in [0.3, 0.4) is 0 Å². The molecule has 8 nitrogen and oxygen atoms in total. The number of halogens is 1. The molecule has 40 heavy (non-hydrogen) atoms. The number of amides is 2. The second kappa shape index (κ2) is 13.9. The van der Waals surface area contributed by atoms with E-state index in [1.54, 1.807) is 55.5 Å². The van der Waals surface area contributed by atoms with Gasteiger partial charge < -0.3 is 15.0 Å². The lowest BCUT2D eigenvalue weighted by atomic mass is 10.1. The number of carbonyl (C=O) groups excluding carboxylic acids is 2. The minimum absolute atomic E-state index is 0.0316. The molecular formula is C30H36FN3O5S. The van der Waals surface area contributed by atoms with E-state index in [-0.39, 0.29) is 28.7 Å². The molecule has 10 heteroatoms. The molecule has 3 aromatic carbocycles. The number of hydrogen-bond donors (Lipinski definition) is 1. The molecular weight excluding hydrogens is 533 g/mol. The van der Waals surface area contributed by atoms with Gasteiger partial charge in [-0.1, -0.05) is 43.3 Å². The first-order valence-corrected chi connectivity index (χ1v) is 14.7. The van der Waals surface area contributed by atoms with E-state index < -0.39 is 40.2 Å². The van der Waals surface area contributed by atoms with Crippen molar-refractivity contribution in [1.82, 2.24) is 10.2 Å². The Morgan fingerprint density at radius 3 is 2.15 bits per heavy atom. The van der Waals surface area contributed by atoms with Crippen molar-refractivity contribution in [2.45, 2.75) is 57.6 Å². The van der Waals surface area contributed by atoms with Gasteiger partial charge in [-0.05, 0) is 69.7 Å². The van der Waals surface area contributed by atoms with Gasteiger partial charge in [0.1, 0.15) is 24.2 Å². The van der Waals surface area contributed by atoms with Crippen molar-refractivity contribution in [3.05, 3.63) is 90.2 Å². The van der Waals surface area contributed by atoms with Gasteiger partial charge in [0.25, 0.3) is 10.0 Å². The average molecular weight is 570 g/mol. The first-order valence-electron chi connectivity index (χ1n) is 13.2. The van der Waals surface area contributed by atoms with Crippen molar-refractivity contribution in [3.8, 4) is 5.75 Å². The van der Waals surface area contributed by atoms with E-state index in [2.05, 4.69) is 5.32 Å². The third-order valence-electron chi connectivity index (χ3n) is 6.51. The quantitative estimate of drug-likeness (QED) is 0.321. The van der Waals surface area contributed by atoms with Crippen molar-refractivity contribution in [3.63, 3.8) is 0 Å². The Bertz CT molecular complexity index is 1380. The smallest absolute Gasteiger partial charge is 0.264 e. The van der Waals surface area contributed by atoms with Crippen LogP contribution in [0.25, 0.3) is 0 Å². The molecule has 0 spiro atoms. The van der Waals surface area contributed by atoms with Gasteiger partial charge in [0.05, 0.1) is 17.2 Å². The Morgan fingerprint density at radius 2 is 1.55 bits per heavy atom. The second-order valence-corrected chi connectivity index (χ2v) is 11.2. The molecule has 0 unspecified atom stereocenters. The summed E-state index contributed by atoms with van der Waals surface area (Å²) in [5, 5.41) is 2.85. The van der Waals surface area contributed by atoms with Crippen molar-refractivity contribution in [1.29, 1.82) is 0 Å². The zero-order valence-electron chi connectivity index (χ0n) is 23.2. The number of hydrogen-bond acceptors (Lipinski definition) is 5. The van der Waals surface area contributed by atoms with Crippen LogP contribution < -0.4 is 14.4 Å². The summed E-state index contributed by atoms with van der Waals surface area (Å²) in [6.07, 6.45) is 0.682. The zero-order chi connectivity index (χ0) is 29.3. The molecule has 0 aliphatic rings. The molecule has 1 N–H and O–H groups in total. The minimum atomic E-state index is -4.21. The maximum Gasteiger partial charge on any atom is 0.264 e. The summed E-state index contributed by atoms with van der Waals surface area (Å²) in [7, 11) is -4.21. The molecule has 0 aromatic heterocycles. The van der Waals surface area contributed by atoms with Gasteiger partial charge in [-0.25, -0.2) is 12.8 Å². The number of carbonyl (C=O) groups is 2. The third-order valence-corrected chi connectivity index (χ3v) is 8.30. The van der Waals surface area contributed by atoms with Crippen LogP contribution in [-0.4, -0.2) is 50.4 Å². The van der Waals surface area contributed by atoms with Crippen LogP contribution in [0.15, 0.2) is 83.8 Å². The van der Waals surface area contributed by atoms with Gasteiger partial charge in [0, 0.05) is 18.2 Å². The summed E-state index contributed by atoms with van der Waals surface area (Å²) in [5.41, 5.74) is 0.479. The van der Waals surface area contributed by atoms with Gasteiger partial charge in [-0.3, -0.25) is 13.9 Å². The molecule has 214 valence electrons. The summed E-state index contributed by atoms with van der Waals surface area (Å²) in [4.78, 5) is 28.1. The summed E-state index contributed by atoms with van der Waals surface area (Å²) >= 11 is 0. The number of rotatable bonds is 13. The number of nitrogens with zero attached hydrogens (tertiary/aromatic N) is 2.